The topological polar surface area (TPSA) is 9.23 Å². The average molecular weight is 182 g/mol. The van der Waals surface area contributed by atoms with Gasteiger partial charge in [0, 0.05) is 7.11 Å². The van der Waals surface area contributed by atoms with E-state index in [1.165, 1.54) is 0 Å². The van der Waals surface area contributed by atoms with Crippen molar-refractivity contribution in [2.24, 2.45) is 0 Å². The van der Waals surface area contributed by atoms with Crippen molar-refractivity contribution in [3.8, 4) is 0 Å². The van der Waals surface area contributed by atoms with Gasteiger partial charge in [-0.1, -0.05) is 0 Å². The highest BCUT2D eigenvalue weighted by Gasteiger charge is 2.64. The van der Waals surface area contributed by atoms with Crippen molar-refractivity contribution in [2.45, 2.75) is 18.5 Å². The Morgan fingerprint density at radius 2 is 1.45 bits per heavy atom. The zero-order valence-corrected chi connectivity index (χ0v) is 5.25. The summed E-state index contributed by atoms with van der Waals surface area (Å²) in [5, 5.41) is 0. The summed E-state index contributed by atoms with van der Waals surface area (Å²) in [5.41, 5.74) is 0. The Labute approximate surface area is 57.9 Å². The first-order valence-corrected chi connectivity index (χ1v) is 2.34. The Bertz CT molecular complexity index is 131. The van der Waals surface area contributed by atoms with Crippen molar-refractivity contribution >= 4 is 0 Å². The molecule has 68 valence electrons. The normalized spacial score (nSPS) is 18.5. The Morgan fingerprint density at radius 3 is 1.45 bits per heavy atom. The maximum Gasteiger partial charge on any atom is 0.454 e. The lowest BCUT2D eigenvalue weighted by molar-refractivity contribution is -0.361. The van der Waals surface area contributed by atoms with Gasteiger partial charge in [0.05, 0.1) is 0 Å². The number of alkyl halides is 6. The van der Waals surface area contributed by atoms with Crippen molar-refractivity contribution in [1.82, 2.24) is 0 Å². The molecule has 0 aliphatic rings. The Balaban J connectivity index is 4.61. The fourth-order valence-corrected chi connectivity index (χ4v) is 0.329. The number of methoxy groups -OCH3 is 1. The molecule has 0 N–H and O–H groups in total. The smallest absolute Gasteiger partial charge is 0.338 e. The van der Waals surface area contributed by atoms with Gasteiger partial charge < -0.3 is 4.74 Å². The Morgan fingerprint density at radius 1 is 1.09 bits per heavy atom. The van der Waals surface area contributed by atoms with E-state index in [4.69, 9.17) is 0 Å². The highest BCUT2D eigenvalue weighted by atomic mass is 19.4. The molecule has 0 aromatic carbocycles. The molecule has 0 heterocycles. The molecule has 0 aromatic rings. The van der Waals surface area contributed by atoms with Crippen molar-refractivity contribution in [3.63, 3.8) is 0 Å². The summed E-state index contributed by atoms with van der Waals surface area (Å²) < 4.78 is 71.9. The molecule has 0 aliphatic carbocycles. The number of halogens is 6. The summed E-state index contributed by atoms with van der Waals surface area (Å²) in [7, 11) is 0.222. The van der Waals surface area contributed by atoms with Crippen molar-refractivity contribution < 1.29 is 31.1 Å². The van der Waals surface area contributed by atoms with E-state index in [0.717, 1.165) is 0 Å². The number of rotatable bonds is 2. The van der Waals surface area contributed by atoms with Crippen LogP contribution in [-0.4, -0.2) is 25.6 Å². The fraction of sp³-hybridized carbons (Fsp3) is 1.00. The molecule has 7 heteroatoms. The van der Waals surface area contributed by atoms with Crippen LogP contribution in [0, 0.1) is 0 Å². The zero-order chi connectivity index (χ0) is 9.28. The van der Waals surface area contributed by atoms with Gasteiger partial charge in [-0.3, -0.25) is 0 Å². The molecule has 1 nitrogen and oxygen atoms in total. The van der Waals surface area contributed by atoms with E-state index in [-0.39, 0.29) is 7.11 Å². The van der Waals surface area contributed by atoms with Crippen LogP contribution in [0.1, 0.15) is 0 Å². The molecular weight excluding hydrogens is 178 g/mol. The molecule has 0 aromatic heterocycles. The van der Waals surface area contributed by atoms with Crippen LogP contribution in [0.5, 0.6) is 0 Å². The molecule has 1 atom stereocenters. The first-order chi connectivity index (χ1) is 4.75. The van der Waals surface area contributed by atoms with Crippen LogP contribution >= 0.6 is 0 Å². The van der Waals surface area contributed by atoms with Gasteiger partial charge in [-0.15, -0.1) is 0 Å². The van der Waals surface area contributed by atoms with Crippen LogP contribution in [0.3, 0.4) is 0 Å². The standard InChI is InChI=1S/C4H4F6O/c1-11-3(7,2(5)6)4(8,9)10/h2H,1H3. The van der Waals surface area contributed by atoms with Gasteiger partial charge in [-0.25, -0.2) is 8.78 Å². The largest absolute Gasteiger partial charge is 0.454 e. The molecule has 0 radical (unpaired) electrons. The lowest BCUT2D eigenvalue weighted by Gasteiger charge is -2.24. The highest BCUT2D eigenvalue weighted by molar-refractivity contribution is 4.79. The van der Waals surface area contributed by atoms with E-state index in [0.29, 0.717) is 0 Å². The second-order valence-electron chi connectivity index (χ2n) is 1.65. The monoisotopic (exact) mass is 182 g/mol. The van der Waals surface area contributed by atoms with E-state index in [2.05, 4.69) is 4.74 Å². The third-order valence-electron chi connectivity index (χ3n) is 0.964. The van der Waals surface area contributed by atoms with Crippen LogP contribution in [0.15, 0.2) is 0 Å². The molecule has 0 aliphatic heterocycles. The molecule has 0 bridgehead atoms. The van der Waals surface area contributed by atoms with Gasteiger partial charge >= 0.3 is 18.5 Å². The summed E-state index contributed by atoms with van der Waals surface area (Å²) >= 11 is 0. The Kier molecular flexibility index (Phi) is 2.76. The molecular formula is C4H4F6O. The van der Waals surface area contributed by atoms with E-state index in [9.17, 15) is 26.3 Å². The number of hydrogen-bond donors (Lipinski definition) is 0. The van der Waals surface area contributed by atoms with Crippen LogP contribution in [0.25, 0.3) is 0 Å². The minimum absolute atomic E-state index is 0.222. The van der Waals surface area contributed by atoms with Gasteiger partial charge in [-0.2, -0.15) is 17.6 Å². The fourth-order valence-electron chi connectivity index (χ4n) is 0.329. The van der Waals surface area contributed by atoms with Gasteiger partial charge in [0.25, 0.3) is 0 Å². The summed E-state index contributed by atoms with van der Waals surface area (Å²) in [6, 6.07) is 0. The molecule has 0 saturated heterocycles. The SMILES string of the molecule is COC(F)(C(F)F)C(F)(F)F. The minimum Gasteiger partial charge on any atom is -0.338 e. The summed E-state index contributed by atoms with van der Waals surface area (Å²) in [6.45, 7) is 0. The third kappa shape index (κ3) is 1.76. The van der Waals surface area contributed by atoms with Crippen molar-refractivity contribution in [3.05, 3.63) is 0 Å². The lowest BCUT2D eigenvalue weighted by atomic mass is 10.3. The minimum atomic E-state index is -5.71. The van der Waals surface area contributed by atoms with Crippen molar-refractivity contribution in [2.75, 3.05) is 7.11 Å². The van der Waals surface area contributed by atoms with Gasteiger partial charge in [0.15, 0.2) is 0 Å². The number of ether oxygens (including phenoxy) is 1. The van der Waals surface area contributed by atoms with Crippen LogP contribution in [0.2, 0.25) is 0 Å². The summed E-state index contributed by atoms with van der Waals surface area (Å²) in [4.78, 5) is 0. The van der Waals surface area contributed by atoms with E-state index >= 15 is 0 Å². The molecule has 1 unspecified atom stereocenters. The second kappa shape index (κ2) is 2.88. The molecule has 0 saturated carbocycles. The first kappa shape index (κ1) is 10.5. The molecule has 0 amide bonds. The van der Waals surface area contributed by atoms with Gasteiger partial charge in [0.2, 0.25) is 0 Å². The van der Waals surface area contributed by atoms with E-state index in [1.807, 2.05) is 0 Å². The average Bonchev–Trinajstić information content (AvgIpc) is 1.83. The number of hydrogen-bond acceptors (Lipinski definition) is 1. The van der Waals surface area contributed by atoms with Crippen LogP contribution in [0.4, 0.5) is 26.3 Å². The quantitative estimate of drug-likeness (QED) is 0.594. The van der Waals surface area contributed by atoms with Gasteiger partial charge in [-0.05, 0) is 0 Å². The molecule has 0 fully saturated rings. The maximum absolute atomic E-state index is 12.1. The van der Waals surface area contributed by atoms with Crippen LogP contribution in [-0.2, 0) is 4.74 Å². The zero-order valence-electron chi connectivity index (χ0n) is 5.25. The maximum atomic E-state index is 12.1. The lowest BCUT2D eigenvalue weighted by Crippen LogP contribution is -2.48. The Hall–Kier alpha value is -0.460. The third-order valence-corrected chi connectivity index (χ3v) is 0.964. The first-order valence-electron chi connectivity index (χ1n) is 2.34. The molecule has 0 spiro atoms. The predicted molar refractivity (Wildman–Crippen MR) is 22.9 cm³/mol. The van der Waals surface area contributed by atoms with Gasteiger partial charge in [0.1, 0.15) is 0 Å². The molecule has 0 rings (SSSR count). The van der Waals surface area contributed by atoms with Crippen LogP contribution < -0.4 is 0 Å². The van der Waals surface area contributed by atoms with E-state index < -0.39 is 18.5 Å². The summed E-state index contributed by atoms with van der Waals surface area (Å²) in [5.74, 6) is -4.85. The molecule has 11 heavy (non-hydrogen) atoms. The van der Waals surface area contributed by atoms with E-state index in [1.54, 1.807) is 0 Å². The van der Waals surface area contributed by atoms with Crippen molar-refractivity contribution in [1.29, 1.82) is 0 Å². The predicted octanol–water partition coefficient (Wildman–Crippen LogP) is 2.13. The highest BCUT2D eigenvalue weighted by Crippen LogP contribution is 2.39. The summed E-state index contributed by atoms with van der Waals surface area (Å²) in [6.07, 6.45) is -9.96. The second-order valence-corrected chi connectivity index (χ2v) is 1.65.